The van der Waals surface area contributed by atoms with Gasteiger partial charge in [-0.15, -0.1) is 0 Å². The van der Waals surface area contributed by atoms with E-state index < -0.39 is 16.0 Å². The second kappa shape index (κ2) is 8.68. The highest BCUT2D eigenvalue weighted by molar-refractivity contribution is 7.89. The third kappa shape index (κ3) is 4.74. The van der Waals surface area contributed by atoms with Crippen LogP contribution in [0.1, 0.15) is 30.1 Å². The molecule has 8 heteroatoms. The molecule has 0 bridgehead atoms. The molecule has 0 unspecified atom stereocenters. The number of unbranched alkanes of at least 4 members (excludes halogenated alkanes) is 1. The Hall–Kier alpha value is -2.58. The Kier molecular flexibility index (Phi) is 6.59. The van der Waals surface area contributed by atoms with Gasteiger partial charge in [-0.2, -0.15) is 0 Å². The monoisotopic (exact) mass is 378 g/mol. The van der Waals surface area contributed by atoms with Crippen LogP contribution in [0.4, 0.5) is 5.69 Å². The molecule has 0 heterocycles. The summed E-state index contributed by atoms with van der Waals surface area (Å²) in [5.74, 6) is -0.712. The average Bonchev–Trinajstić information content (AvgIpc) is 2.63. The molecule has 2 aromatic carbocycles. The summed E-state index contributed by atoms with van der Waals surface area (Å²) in [6, 6.07) is 11.2. The quantitative estimate of drug-likeness (QED) is 0.578. The van der Waals surface area contributed by atoms with Crippen LogP contribution in [0.15, 0.2) is 47.4 Å². The van der Waals surface area contributed by atoms with Crippen molar-refractivity contribution in [1.82, 2.24) is 4.72 Å². The van der Waals surface area contributed by atoms with Crippen molar-refractivity contribution in [3.05, 3.63) is 48.0 Å². The molecule has 3 N–H and O–H groups in total. The Bertz CT molecular complexity index is 867. The molecule has 0 radical (unpaired) electrons. The number of nitrogens with one attached hydrogen (secondary N) is 2. The van der Waals surface area contributed by atoms with E-state index in [1.54, 1.807) is 24.3 Å². The summed E-state index contributed by atoms with van der Waals surface area (Å²) in [5, 5.41) is 12.4. The molecule has 140 valence electrons. The average molecular weight is 378 g/mol. The first-order chi connectivity index (χ1) is 12.4. The van der Waals surface area contributed by atoms with E-state index in [0.29, 0.717) is 18.0 Å². The predicted octanol–water partition coefficient (Wildman–Crippen LogP) is 3.30. The zero-order valence-electron chi connectivity index (χ0n) is 14.7. The van der Waals surface area contributed by atoms with E-state index in [9.17, 15) is 18.3 Å². The number of anilines is 1. The fourth-order valence-electron chi connectivity index (χ4n) is 2.28. The van der Waals surface area contributed by atoms with Crippen molar-refractivity contribution in [3.63, 3.8) is 0 Å². The highest BCUT2D eigenvalue weighted by Crippen LogP contribution is 2.37. The summed E-state index contributed by atoms with van der Waals surface area (Å²) in [6.07, 6.45) is 1.78. The molecule has 2 rings (SSSR count). The first kappa shape index (κ1) is 19.7. The summed E-state index contributed by atoms with van der Waals surface area (Å²) in [6.45, 7) is 2.58. The van der Waals surface area contributed by atoms with Crippen LogP contribution in [0.5, 0.6) is 11.5 Å². The van der Waals surface area contributed by atoms with Crippen LogP contribution >= 0.6 is 0 Å². The van der Waals surface area contributed by atoms with Crippen molar-refractivity contribution >= 4 is 21.7 Å². The van der Waals surface area contributed by atoms with Crippen molar-refractivity contribution in [2.45, 2.75) is 24.7 Å². The molecular formula is C18H22N2O5S. The second-order valence-corrected chi connectivity index (χ2v) is 7.41. The lowest BCUT2D eigenvalue weighted by Crippen LogP contribution is -2.20. The van der Waals surface area contributed by atoms with Crippen LogP contribution in [0.3, 0.4) is 0 Å². The molecule has 0 amide bonds. The molecule has 0 aromatic heterocycles. The Labute approximate surface area is 153 Å². The number of aromatic carboxylic acids is 1. The fraction of sp³-hybridized carbons (Fsp3) is 0.278. The molecule has 26 heavy (non-hydrogen) atoms. The molecule has 0 spiro atoms. The van der Waals surface area contributed by atoms with Gasteiger partial charge in [-0.05, 0) is 37.7 Å². The maximum Gasteiger partial charge on any atom is 0.335 e. The van der Waals surface area contributed by atoms with Crippen LogP contribution in [-0.4, -0.2) is 33.1 Å². The Morgan fingerprint density at radius 2 is 1.88 bits per heavy atom. The van der Waals surface area contributed by atoms with Gasteiger partial charge in [0.2, 0.25) is 10.0 Å². The number of benzene rings is 2. The van der Waals surface area contributed by atoms with E-state index in [4.69, 9.17) is 4.74 Å². The number of carboxylic acids is 1. The van der Waals surface area contributed by atoms with E-state index >= 15 is 0 Å². The largest absolute Gasteiger partial charge is 0.478 e. The zero-order chi connectivity index (χ0) is 19.2. The number of rotatable bonds is 9. The maximum atomic E-state index is 12.5. The third-order valence-corrected chi connectivity index (χ3v) is 5.09. The summed E-state index contributed by atoms with van der Waals surface area (Å²) in [7, 11) is -2.67. The van der Waals surface area contributed by atoms with Gasteiger partial charge in [0.1, 0.15) is 10.6 Å². The zero-order valence-corrected chi connectivity index (χ0v) is 15.5. The molecule has 7 nitrogen and oxygen atoms in total. The molecule has 0 atom stereocenters. The van der Waals surface area contributed by atoms with Gasteiger partial charge in [0.15, 0.2) is 5.75 Å². The van der Waals surface area contributed by atoms with Gasteiger partial charge in [0, 0.05) is 6.54 Å². The van der Waals surface area contributed by atoms with E-state index in [1.807, 2.05) is 13.0 Å². The van der Waals surface area contributed by atoms with Gasteiger partial charge >= 0.3 is 5.97 Å². The first-order valence-electron chi connectivity index (χ1n) is 8.20. The normalized spacial score (nSPS) is 11.2. The number of ether oxygens (including phenoxy) is 1. The first-order valence-corrected chi connectivity index (χ1v) is 9.69. The molecule has 0 fully saturated rings. The molecule has 0 aliphatic heterocycles. The van der Waals surface area contributed by atoms with Gasteiger partial charge in [0.25, 0.3) is 0 Å². The lowest BCUT2D eigenvalue weighted by atomic mass is 10.1. The predicted molar refractivity (Wildman–Crippen MR) is 99.6 cm³/mol. The number of sulfonamides is 1. The summed E-state index contributed by atoms with van der Waals surface area (Å²) in [4.78, 5) is 11.2. The van der Waals surface area contributed by atoms with E-state index in [2.05, 4.69) is 10.0 Å². The number of carboxylic acid groups (broad SMARTS) is 1. The number of carbonyl (C=O) groups is 1. The summed E-state index contributed by atoms with van der Waals surface area (Å²) in [5.41, 5.74) is 0.175. The number of hydrogen-bond donors (Lipinski definition) is 3. The fourth-order valence-corrected chi connectivity index (χ4v) is 3.18. The maximum absolute atomic E-state index is 12.5. The standard InChI is InChI=1S/C18H22N2O5S/c1-3-4-10-20-15-11-13(18(21)22)12-16(26(23,24)19-2)17(15)25-14-8-6-5-7-9-14/h5-9,11-12,19-20H,3-4,10H2,1-2H3,(H,21,22). The van der Waals surface area contributed by atoms with Crippen LogP contribution in [-0.2, 0) is 10.0 Å². The van der Waals surface area contributed by atoms with Gasteiger partial charge in [-0.25, -0.2) is 17.9 Å². The minimum Gasteiger partial charge on any atom is -0.478 e. The van der Waals surface area contributed by atoms with Crippen molar-refractivity contribution in [1.29, 1.82) is 0 Å². The number of hydrogen-bond acceptors (Lipinski definition) is 5. The Balaban J connectivity index is 2.63. The lowest BCUT2D eigenvalue weighted by molar-refractivity contribution is 0.0696. The minimum atomic E-state index is -3.94. The Morgan fingerprint density at radius 1 is 1.19 bits per heavy atom. The molecule has 0 saturated heterocycles. The summed E-state index contributed by atoms with van der Waals surface area (Å²) >= 11 is 0. The molecular weight excluding hydrogens is 356 g/mol. The third-order valence-electron chi connectivity index (χ3n) is 3.67. The van der Waals surface area contributed by atoms with Gasteiger partial charge in [0.05, 0.1) is 11.3 Å². The van der Waals surface area contributed by atoms with E-state index in [1.165, 1.54) is 13.1 Å². The van der Waals surface area contributed by atoms with Crippen molar-refractivity contribution in [3.8, 4) is 11.5 Å². The molecule has 0 saturated carbocycles. The van der Waals surface area contributed by atoms with E-state index in [0.717, 1.165) is 18.9 Å². The SMILES string of the molecule is CCCCNc1cc(C(=O)O)cc(S(=O)(=O)NC)c1Oc1ccccc1. The van der Waals surface area contributed by atoms with Crippen molar-refractivity contribution < 1.29 is 23.1 Å². The van der Waals surface area contributed by atoms with Crippen LogP contribution < -0.4 is 14.8 Å². The van der Waals surface area contributed by atoms with Crippen molar-refractivity contribution in [2.75, 3.05) is 18.9 Å². The van der Waals surface area contributed by atoms with Crippen molar-refractivity contribution in [2.24, 2.45) is 0 Å². The smallest absolute Gasteiger partial charge is 0.335 e. The van der Waals surface area contributed by atoms with Gasteiger partial charge in [-0.1, -0.05) is 31.5 Å². The highest BCUT2D eigenvalue weighted by Gasteiger charge is 2.25. The number of para-hydroxylation sites is 1. The molecule has 0 aliphatic carbocycles. The second-order valence-electron chi connectivity index (χ2n) is 5.56. The lowest BCUT2D eigenvalue weighted by Gasteiger charge is -2.18. The van der Waals surface area contributed by atoms with Crippen LogP contribution in [0, 0.1) is 0 Å². The topological polar surface area (TPSA) is 105 Å². The van der Waals surface area contributed by atoms with Gasteiger partial charge < -0.3 is 15.2 Å². The van der Waals surface area contributed by atoms with Gasteiger partial charge in [-0.3, -0.25) is 0 Å². The van der Waals surface area contributed by atoms with Crippen LogP contribution in [0.25, 0.3) is 0 Å². The van der Waals surface area contributed by atoms with E-state index in [-0.39, 0.29) is 16.2 Å². The molecule has 2 aromatic rings. The Morgan fingerprint density at radius 3 is 2.46 bits per heavy atom. The minimum absolute atomic E-state index is 0.0617. The summed E-state index contributed by atoms with van der Waals surface area (Å²) < 4.78 is 32.9. The highest BCUT2D eigenvalue weighted by atomic mass is 32.2. The molecule has 0 aliphatic rings. The van der Waals surface area contributed by atoms with Crippen LogP contribution in [0.2, 0.25) is 0 Å².